The molecule has 3 aromatic carbocycles. The summed E-state index contributed by atoms with van der Waals surface area (Å²) >= 11 is 0. The van der Waals surface area contributed by atoms with Crippen LogP contribution in [-0.4, -0.2) is 23.3 Å². The number of rotatable bonds is 9. The molecule has 1 heterocycles. The molecule has 0 aliphatic carbocycles. The average molecular weight is 417 g/mol. The van der Waals surface area contributed by atoms with Crippen molar-refractivity contribution in [2.45, 2.75) is 32.9 Å². The van der Waals surface area contributed by atoms with E-state index in [0.29, 0.717) is 25.7 Å². The predicted molar refractivity (Wildman–Crippen MR) is 123 cm³/mol. The van der Waals surface area contributed by atoms with Crippen LogP contribution in [0.15, 0.2) is 72.8 Å². The SMILES string of the molecule is COc1cccc(OCc2nc3ccccc3n2CCOc2ccc(C(C)C)cc2)c1. The number of methoxy groups -OCH3 is 1. The third-order valence-electron chi connectivity index (χ3n) is 5.27. The summed E-state index contributed by atoms with van der Waals surface area (Å²) in [7, 11) is 1.65. The number of imidazole rings is 1. The third-order valence-corrected chi connectivity index (χ3v) is 5.27. The van der Waals surface area contributed by atoms with E-state index in [0.717, 1.165) is 34.1 Å². The van der Waals surface area contributed by atoms with E-state index in [1.54, 1.807) is 7.11 Å². The van der Waals surface area contributed by atoms with Gasteiger partial charge in [0, 0.05) is 6.07 Å². The van der Waals surface area contributed by atoms with E-state index in [9.17, 15) is 0 Å². The minimum atomic E-state index is 0.366. The topological polar surface area (TPSA) is 45.5 Å². The first kappa shape index (κ1) is 20.8. The Balaban J connectivity index is 1.47. The van der Waals surface area contributed by atoms with Gasteiger partial charge >= 0.3 is 0 Å². The standard InChI is InChI=1S/C26H28N2O3/c1-19(2)20-11-13-21(14-12-20)30-16-15-28-25-10-5-4-9-24(25)27-26(28)18-31-23-8-6-7-22(17-23)29-3/h4-14,17,19H,15-16,18H2,1-3H3. The van der Waals surface area contributed by atoms with Gasteiger partial charge in [-0.3, -0.25) is 0 Å². The Morgan fingerprint density at radius 1 is 0.839 bits per heavy atom. The molecule has 0 spiro atoms. The summed E-state index contributed by atoms with van der Waals surface area (Å²) in [6.07, 6.45) is 0. The highest BCUT2D eigenvalue weighted by molar-refractivity contribution is 5.75. The van der Waals surface area contributed by atoms with E-state index in [1.807, 2.05) is 54.6 Å². The van der Waals surface area contributed by atoms with Gasteiger partial charge in [0.05, 0.1) is 24.7 Å². The second-order valence-electron chi connectivity index (χ2n) is 7.71. The first-order chi connectivity index (χ1) is 15.1. The Bertz CT molecular complexity index is 1130. The second kappa shape index (κ2) is 9.56. The van der Waals surface area contributed by atoms with Crippen LogP contribution in [0, 0.1) is 0 Å². The van der Waals surface area contributed by atoms with Crippen LogP contribution in [0.5, 0.6) is 17.2 Å². The van der Waals surface area contributed by atoms with E-state index in [4.69, 9.17) is 19.2 Å². The van der Waals surface area contributed by atoms with Crippen LogP contribution < -0.4 is 14.2 Å². The van der Waals surface area contributed by atoms with Crippen molar-refractivity contribution in [3.8, 4) is 17.2 Å². The average Bonchev–Trinajstić information content (AvgIpc) is 3.16. The first-order valence-electron chi connectivity index (χ1n) is 10.6. The lowest BCUT2D eigenvalue weighted by Crippen LogP contribution is -2.13. The zero-order valence-corrected chi connectivity index (χ0v) is 18.2. The predicted octanol–water partition coefficient (Wildman–Crippen LogP) is 5.83. The fraction of sp³-hybridized carbons (Fsp3) is 0.269. The first-order valence-corrected chi connectivity index (χ1v) is 10.6. The smallest absolute Gasteiger partial charge is 0.148 e. The van der Waals surface area contributed by atoms with Crippen LogP contribution >= 0.6 is 0 Å². The maximum atomic E-state index is 6.01. The Kier molecular flexibility index (Phi) is 6.41. The number of hydrogen-bond donors (Lipinski definition) is 0. The van der Waals surface area contributed by atoms with E-state index in [-0.39, 0.29) is 0 Å². The number of benzene rings is 3. The van der Waals surface area contributed by atoms with Crippen molar-refractivity contribution in [3.05, 3.63) is 84.2 Å². The van der Waals surface area contributed by atoms with Gasteiger partial charge < -0.3 is 18.8 Å². The second-order valence-corrected chi connectivity index (χ2v) is 7.71. The minimum absolute atomic E-state index is 0.366. The lowest BCUT2D eigenvalue weighted by molar-refractivity contribution is 0.271. The molecule has 0 N–H and O–H groups in total. The van der Waals surface area contributed by atoms with Crippen molar-refractivity contribution in [1.29, 1.82) is 0 Å². The van der Waals surface area contributed by atoms with Crippen LogP contribution in [-0.2, 0) is 13.2 Å². The molecule has 0 atom stereocenters. The molecule has 1 aromatic heterocycles. The lowest BCUT2D eigenvalue weighted by Gasteiger charge is -2.13. The zero-order valence-electron chi connectivity index (χ0n) is 18.2. The van der Waals surface area contributed by atoms with E-state index >= 15 is 0 Å². The zero-order chi connectivity index (χ0) is 21.6. The molecule has 0 radical (unpaired) electrons. The van der Waals surface area contributed by atoms with Crippen molar-refractivity contribution in [2.24, 2.45) is 0 Å². The van der Waals surface area contributed by atoms with Crippen molar-refractivity contribution in [1.82, 2.24) is 9.55 Å². The summed E-state index contributed by atoms with van der Waals surface area (Å²) < 4.78 is 19.4. The van der Waals surface area contributed by atoms with E-state index in [1.165, 1.54) is 5.56 Å². The molecule has 0 saturated heterocycles. The monoisotopic (exact) mass is 416 g/mol. The molecular formula is C26H28N2O3. The Morgan fingerprint density at radius 3 is 2.39 bits per heavy atom. The molecule has 0 bridgehead atoms. The van der Waals surface area contributed by atoms with Crippen LogP contribution in [0.4, 0.5) is 0 Å². The van der Waals surface area contributed by atoms with E-state index < -0.39 is 0 Å². The molecule has 4 rings (SSSR count). The molecule has 31 heavy (non-hydrogen) atoms. The van der Waals surface area contributed by atoms with Gasteiger partial charge in [-0.15, -0.1) is 0 Å². The lowest BCUT2D eigenvalue weighted by atomic mass is 10.0. The summed E-state index contributed by atoms with van der Waals surface area (Å²) in [5.74, 6) is 3.77. The van der Waals surface area contributed by atoms with Gasteiger partial charge in [-0.25, -0.2) is 4.98 Å². The summed E-state index contributed by atoms with van der Waals surface area (Å²) in [6, 6.07) is 24.0. The quantitative estimate of drug-likeness (QED) is 0.345. The Hall–Kier alpha value is -3.47. The molecule has 5 nitrogen and oxygen atoms in total. The highest BCUT2D eigenvalue weighted by Gasteiger charge is 2.12. The van der Waals surface area contributed by atoms with Gasteiger partial charge in [0.25, 0.3) is 0 Å². The van der Waals surface area contributed by atoms with Gasteiger partial charge in [0.1, 0.15) is 36.3 Å². The number of nitrogens with zero attached hydrogens (tertiary/aromatic N) is 2. The summed E-state index contributed by atoms with van der Waals surface area (Å²) in [6.45, 7) is 5.98. The minimum Gasteiger partial charge on any atom is -0.497 e. The van der Waals surface area contributed by atoms with Crippen LogP contribution in [0.1, 0.15) is 31.2 Å². The molecule has 5 heteroatoms. The van der Waals surface area contributed by atoms with Crippen molar-refractivity contribution in [3.63, 3.8) is 0 Å². The molecule has 4 aromatic rings. The number of para-hydroxylation sites is 2. The van der Waals surface area contributed by atoms with Crippen molar-refractivity contribution in [2.75, 3.05) is 13.7 Å². The van der Waals surface area contributed by atoms with Crippen LogP contribution in [0.2, 0.25) is 0 Å². The van der Waals surface area contributed by atoms with Gasteiger partial charge in [-0.05, 0) is 47.9 Å². The number of fused-ring (bicyclic) bond motifs is 1. The Morgan fingerprint density at radius 2 is 1.61 bits per heavy atom. The highest BCUT2D eigenvalue weighted by Crippen LogP contribution is 2.22. The number of aromatic nitrogens is 2. The number of hydrogen-bond acceptors (Lipinski definition) is 4. The fourth-order valence-electron chi connectivity index (χ4n) is 3.53. The van der Waals surface area contributed by atoms with Crippen molar-refractivity contribution >= 4 is 11.0 Å². The Labute approximate surface area is 183 Å². The van der Waals surface area contributed by atoms with Crippen LogP contribution in [0.3, 0.4) is 0 Å². The fourth-order valence-corrected chi connectivity index (χ4v) is 3.53. The van der Waals surface area contributed by atoms with Gasteiger partial charge in [-0.2, -0.15) is 0 Å². The normalized spacial score (nSPS) is 11.1. The third kappa shape index (κ3) is 5.00. The molecule has 0 saturated carbocycles. The molecule has 160 valence electrons. The molecule has 0 fully saturated rings. The van der Waals surface area contributed by atoms with Crippen molar-refractivity contribution < 1.29 is 14.2 Å². The largest absolute Gasteiger partial charge is 0.497 e. The van der Waals surface area contributed by atoms with E-state index in [2.05, 4.69) is 36.6 Å². The van der Waals surface area contributed by atoms with Crippen LogP contribution in [0.25, 0.3) is 11.0 Å². The molecular weight excluding hydrogens is 388 g/mol. The molecule has 0 aliphatic heterocycles. The van der Waals surface area contributed by atoms with Gasteiger partial charge in [-0.1, -0.05) is 44.2 Å². The summed E-state index contributed by atoms with van der Waals surface area (Å²) in [5.41, 5.74) is 3.34. The highest BCUT2D eigenvalue weighted by atomic mass is 16.5. The van der Waals surface area contributed by atoms with Gasteiger partial charge in [0.2, 0.25) is 0 Å². The maximum absolute atomic E-state index is 6.01. The molecule has 0 amide bonds. The molecule has 0 aliphatic rings. The maximum Gasteiger partial charge on any atom is 0.148 e. The van der Waals surface area contributed by atoms with Gasteiger partial charge in [0.15, 0.2) is 0 Å². The summed E-state index contributed by atoms with van der Waals surface area (Å²) in [5, 5.41) is 0. The summed E-state index contributed by atoms with van der Waals surface area (Å²) in [4.78, 5) is 4.78. The molecule has 0 unspecified atom stereocenters. The number of ether oxygens (including phenoxy) is 3.